The molecular weight excluding hydrogens is 342 g/mol. The number of hydrogen-bond acceptors (Lipinski definition) is 3. The van der Waals surface area contributed by atoms with Gasteiger partial charge >= 0.3 is 5.97 Å². The Balaban J connectivity index is 3.18. The van der Waals surface area contributed by atoms with Gasteiger partial charge in [0.1, 0.15) is 5.78 Å². The molecule has 0 bridgehead atoms. The molecule has 0 radical (unpaired) electrons. The van der Waals surface area contributed by atoms with Gasteiger partial charge in [-0.2, -0.15) is 0 Å². The first-order chi connectivity index (χ1) is 13.1. The van der Waals surface area contributed by atoms with E-state index >= 15 is 0 Å². The van der Waals surface area contributed by atoms with Gasteiger partial charge in [-0.05, 0) is 19.3 Å². The number of nitrogens with one attached hydrogen (secondary N) is 1. The zero-order chi connectivity index (χ0) is 20.2. The predicted molar refractivity (Wildman–Crippen MR) is 110 cm³/mol. The number of amides is 1. The molecule has 27 heavy (non-hydrogen) atoms. The minimum absolute atomic E-state index is 0.113. The first kappa shape index (κ1) is 25.6. The maximum absolute atomic E-state index is 11.7. The summed E-state index contributed by atoms with van der Waals surface area (Å²) in [6, 6.07) is 0. The second kappa shape index (κ2) is 19.4. The third-order valence-corrected chi connectivity index (χ3v) is 4.89. The van der Waals surface area contributed by atoms with Crippen LogP contribution in [0.25, 0.3) is 0 Å². The first-order valence-corrected chi connectivity index (χ1v) is 11.1. The highest BCUT2D eigenvalue weighted by molar-refractivity contribution is 5.78. The minimum Gasteiger partial charge on any atom is -0.481 e. The molecule has 0 aliphatic carbocycles. The molecule has 0 aromatic heterocycles. The fraction of sp³-hybridized carbons (Fsp3) is 0.864. The van der Waals surface area contributed by atoms with Crippen molar-refractivity contribution < 1.29 is 19.5 Å². The van der Waals surface area contributed by atoms with Crippen LogP contribution in [0, 0.1) is 0 Å². The van der Waals surface area contributed by atoms with Gasteiger partial charge in [0, 0.05) is 32.2 Å². The van der Waals surface area contributed by atoms with Crippen molar-refractivity contribution in [3.63, 3.8) is 0 Å². The van der Waals surface area contributed by atoms with E-state index < -0.39 is 5.97 Å². The molecule has 0 aliphatic rings. The highest BCUT2D eigenvalue weighted by Gasteiger charge is 2.02. The van der Waals surface area contributed by atoms with Crippen molar-refractivity contribution in [2.75, 3.05) is 6.54 Å². The van der Waals surface area contributed by atoms with Gasteiger partial charge in [0.25, 0.3) is 0 Å². The van der Waals surface area contributed by atoms with Crippen molar-refractivity contribution >= 4 is 17.7 Å². The molecule has 0 saturated carbocycles. The minimum atomic E-state index is -0.685. The van der Waals surface area contributed by atoms with Crippen LogP contribution in [-0.2, 0) is 14.4 Å². The highest BCUT2D eigenvalue weighted by Crippen LogP contribution is 2.13. The maximum Gasteiger partial charge on any atom is 0.303 e. The average molecular weight is 384 g/mol. The van der Waals surface area contributed by atoms with Crippen LogP contribution in [0.1, 0.15) is 116 Å². The number of carbonyl (C=O) groups is 3. The second-order valence-corrected chi connectivity index (χ2v) is 7.48. The number of carboxylic acids is 1. The molecular formula is C22H41NO4. The van der Waals surface area contributed by atoms with Gasteiger partial charge in [-0.25, -0.2) is 0 Å². The summed E-state index contributed by atoms with van der Waals surface area (Å²) >= 11 is 0. The van der Waals surface area contributed by atoms with E-state index in [0.717, 1.165) is 38.5 Å². The Hall–Kier alpha value is -1.39. The van der Waals surface area contributed by atoms with E-state index in [1.807, 2.05) is 6.92 Å². The number of Topliss-reactive ketones (excluding diaryl/α,β-unsaturated/α-hetero) is 1. The molecule has 0 fully saturated rings. The molecule has 0 aromatic rings. The lowest BCUT2D eigenvalue weighted by molar-refractivity contribution is -0.137. The molecule has 0 spiro atoms. The second-order valence-electron chi connectivity index (χ2n) is 7.48. The van der Waals surface area contributed by atoms with Crippen molar-refractivity contribution in [3.8, 4) is 0 Å². The highest BCUT2D eigenvalue weighted by atomic mass is 16.4. The van der Waals surface area contributed by atoms with Crippen LogP contribution in [0.15, 0.2) is 0 Å². The molecule has 0 saturated heterocycles. The smallest absolute Gasteiger partial charge is 0.303 e. The fourth-order valence-electron chi connectivity index (χ4n) is 3.11. The van der Waals surface area contributed by atoms with Crippen LogP contribution in [0.3, 0.4) is 0 Å². The van der Waals surface area contributed by atoms with E-state index in [2.05, 4.69) is 5.32 Å². The molecule has 0 rings (SSSR count). The Morgan fingerprint density at radius 2 is 1.07 bits per heavy atom. The summed E-state index contributed by atoms with van der Waals surface area (Å²) in [7, 11) is 0. The van der Waals surface area contributed by atoms with Crippen molar-refractivity contribution in [2.45, 2.75) is 116 Å². The Bertz CT molecular complexity index is 396. The van der Waals surface area contributed by atoms with Gasteiger partial charge in [-0.15, -0.1) is 0 Å². The van der Waals surface area contributed by atoms with E-state index in [4.69, 9.17) is 5.11 Å². The molecule has 0 unspecified atom stereocenters. The van der Waals surface area contributed by atoms with E-state index in [1.165, 1.54) is 44.9 Å². The van der Waals surface area contributed by atoms with Crippen molar-refractivity contribution in [1.82, 2.24) is 5.32 Å². The number of rotatable bonds is 20. The van der Waals surface area contributed by atoms with Crippen LogP contribution in [0.2, 0.25) is 0 Å². The summed E-state index contributed by atoms with van der Waals surface area (Å²) in [4.78, 5) is 33.2. The summed E-state index contributed by atoms with van der Waals surface area (Å²) in [6.07, 6.45) is 16.7. The van der Waals surface area contributed by atoms with E-state index in [9.17, 15) is 14.4 Å². The lowest BCUT2D eigenvalue weighted by Gasteiger charge is -2.05. The zero-order valence-corrected chi connectivity index (χ0v) is 17.4. The van der Waals surface area contributed by atoms with Gasteiger partial charge in [-0.1, -0.05) is 71.1 Å². The summed E-state index contributed by atoms with van der Waals surface area (Å²) in [5, 5.41) is 11.4. The molecule has 0 heterocycles. The van der Waals surface area contributed by atoms with Gasteiger partial charge < -0.3 is 10.4 Å². The van der Waals surface area contributed by atoms with E-state index in [1.54, 1.807) is 0 Å². The lowest BCUT2D eigenvalue weighted by atomic mass is 10.0. The maximum atomic E-state index is 11.7. The SMILES string of the molecule is CCC(=O)CCCNC(=O)CCCCCCCCCCCCCCC(=O)O. The zero-order valence-electron chi connectivity index (χ0n) is 17.4. The summed E-state index contributed by atoms with van der Waals surface area (Å²) in [5.41, 5.74) is 0. The van der Waals surface area contributed by atoms with E-state index in [-0.39, 0.29) is 11.7 Å². The molecule has 2 N–H and O–H groups in total. The molecule has 158 valence electrons. The van der Waals surface area contributed by atoms with Crippen LogP contribution in [0.5, 0.6) is 0 Å². The largest absolute Gasteiger partial charge is 0.481 e. The molecule has 5 nitrogen and oxygen atoms in total. The number of aliphatic carboxylic acids is 1. The summed E-state index contributed by atoms with van der Waals surface area (Å²) in [5.74, 6) is -0.307. The van der Waals surface area contributed by atoms with Crippen LogP contribution >= 0.6 is 0 Å². The molecule has 0 aliphatic heterocycles. The predicted octanol–water partition coefficient (Wildman–Crippen LogP) is 5.41. The Labute approximate surface area is 165 Å². The van der Waals surface area contributed by atoms with Gasteiger partial charge in [0.15, 0.2) is 0 Å². The van der Waals surface area contributed by atoms with Crippen LogP contribution in [0.4, 0.5) is 0 Å². The number of unbranched alkanes of at least 4 members (excludes halogenated alkanes) is 11. The molecule has 0 aromatic carbocycles. The van der Waals surface area contributed by atoms with Crippen molar-refractivity contribution in [1.29, 1.82) is 0 Å². The Morgan fingerprint density at radius 1 is 0.630 bits per heavy atom. The molecule has 1 amide bonds. The van der Waals surface area contributed by atoms with Gasteiger partial charge in [0.05, 0.1) is 0 Å². The topological polar surface area (TPSA) is 83.5 Å². The number of carbonyl (C=O) groups excluding carboxylic acids is 2. The normalized spacial score (nSPS) is 10.7. The molecule has 0 atom stereocenters. The quantitative estimate of drug-likeness (QED) is 0.275. The standard InChI is InChI=1S/C22H41NO4/c1-2-20(24)16-15-19-23-21(25)17-13-11-9-7-5-3-4-6-8-10-12-14-18-22(26)27/h2-19H2,1H3,(H,23,25)(H,26,27). The number of hydrogen-bond donors (Lipinski definition) is 2. The van der Waals surface area contributed by atoms with Crippen LogP contribution < -0.4 is 5.32 Å². The monoisotopic (exact) mass is 383 g/mol. The Morgan fingerprint density at radius 3 is 1.52 bits per heavy atom. The van der Waals surface area contributed by atoms with Crippen LogP contribution in [-0.4, -0.2) is 29.3 Å². The fourth-order valence-corrected chi connectivity index (χ4v) is 3.11. The van der Waals surface area contributed by atoms with Crippen molar-refractivity contribution in [3.05, 3.63) is 0 Å². The number of ketones is 1. The number of carboxylic acid groups (broad SMARTS) is 1. The first-order valence-electron chi connectivity index (χ1n) is 11.1. The average Bonchev–Trinajstić information content (AvgIpc) is 2.64. The lowest BCUT2D eigenvalue weighted by Crippen LogP contribution is -2.24. The van der Waals surface area contributed by atoms with E-state index in [0.29, 0.717) is 32.2 Å². The third kappa shape index (κ3) is 20.8. The van der Waals surface area contributed by atoms with Gasteiger partial charge in [-0.3, -0.25) is 14.4 Å². The Kier molecular flexibility index (Phi) is 18.4. The molecule has 5 heteroatoms. The van der Waals surface area contributed by atoms with Gasteiger partial charge in [0.2, 0.25) is 5.91 Å². The summed E-state index contributed by atoms with van der Waals surface area (Å²) < 4.78 is 0. The third-order valence-electron chi connectivity index (χ3n) is 4.89. The van der Waals surface area contributed by atoms with Crippen molar-refractivity contribution in [2.24, 2.45) is 0 Å². The summed E-state index contributed by atoms with van der Waals surface area (Å²) in [6.45, 7) is 2.48.